The van der Waals surface area contributed by atoms with Gasteiger partial charge in [-0.05, 0) is 54.6 Å². The van der Waals surface area contributed by atoms with Crippen molar-refractivity contribution in [2.24, 2.45) is 4.36 Å². The van der Waals surface area contributed by atoms with Crippen molar-refractivity contribution in [1.29, 1.82) is 0 Å². The number of amides is 1. The van der Waals surface area contributed by atoms with Gasteiger partial charge in [-0.2, -0.15) is 9.35 Å². The monoisotopic (exact) mass is 480 g/mol. The van der Waals surface area contributed by atoms with Gasteiger partial charge in [-0.3, -0.25) is 9.36 Å². The summed E-state index contributed by atoms with van der Waals surface area (Å²) in [5, 5.41) is 7.18. The SMILES string of the molecule is C=CC(=O)Nc1ccc2c(ccn2-c2nc(Nc3ccc(N=S(C)(C)=O)cc3)ncc2Cl)c1. The summed E-state index contributed by atoms with van der Waals surface area (Å²) >= 11 is 6.41. The first kappa shape index (κ1) is 22.5. The van der Waals surface area contributed by atoms with E-state index in [2.05, 4.69) is 31.5 Å². The number of aromatic nitrogens is 3. The third-order valence-electron chi connectivity index (χ3n) is 4.55. The molecule has 2 aromatic heterocycles. The van der Waals surface area contributed by atoms with Crippen molar-refractivity contribution in [3.63, 3.8) is 0 Å². The number of benzene rings is 2. The minimum Gasteiger partial charge on any atom is -0.324 e. The van der Waals surface area contributed by atoms with Crippen LogP contribution in [0.1, 0.15) is 0 Å². The highest BCUT2D eigenvalue weighted by molar-refractivity contribution is 7.92. The van der Waals surface area contributed by atoms with Crippen LogP contribution in [-0.2, 0) is 14.5 Å². The van der Waals surface area contributed by atoms with E-state index < -0.39 is 9.73 Å². The fraction of sp³-hybridized carbons (Fsp3) is 0.0870. The molecule has 4 aromatic rings. The smallest absolute Gasteiger partial charge is 0.247 e. The molecule has 0 saturated carbocycles. The third kappa shape index (κ3) is 5.39. The summed E-state index contributed by atoms with van der Waals surface area (Å²) in [6.45, 7) is 3.46. The second kappa shape index (κ2) is 9.05. The van der Waals surface area contributed by atoms with Gasteiger partial charge in [0.25, 0.3) is 0 Å². The van der Waals surface area contributed by atoms with E-state index in [0.717, 1.165) is 16.6 Å². The minimum atomic E-state index is -2.23. The van der Waals surface area contributed by atoms with E-state index in [0.29, 0.717) is 28.2 Å². The Morgan fingerprint density at radius 2 is 1.88 bits per heavy atom. The molecule has 33 heavy (non-hydrogen) atoms. The minimum absolute atomic E-state index is 0.275. The molecule has 0 atom stereocenters. The highest BCUT2D eigenvalue weighted by atomic mass is 35.5. The molecule has 1 amide bonds. The van der Waals surface area contributed by atoms with Gasteiger partial charge >= 0.3 is 0 Å². The van der Waals surface area contributed by atoms with Gasteiger partial charge in [0.05, 0.1) is 17.4 Å². The number of anilines is 3. The number of nitrogens with one attached hydrogen (secondary N) is 2. The second-order valence-corrected chi connectivity index (χ2v) is 10.4. The predicted octanol–water partition coefficient (Wildman–Crippen LogP) is 5.30. The van der Waals surface area contributed by atoms with Crippen LogP contribution in [0.5, 0.6) is 0 Å². The van der Waals surface area contributed by atoms with E-state index in [4.69, 9.17) is 11.6 Å². The molecule has 10 heteroatoms. The van der Waals surface area contributed by atoms with Gasteiger partial charge in [-0.25, -0.2) is 9.19 Å². The lowest BCUT2D eigenvalue weighted by Gasteiger charge is -2.11. The molecule has 0 bridgehead atoms. The second-order valence-electron chi connectivity index (χ2n) is 7.46. The molecule has 2 heterocycles. The molecule has 0 radical (unpaired) electrons. The van der Waals surface area contributed by atoms with E-state index in [1.54, 1.807) is 30.7 Å². The summed E-state index contributed by atoms with van der Waals surface area (Å²) in [6.07, 6.45) is 7.78. The number of carbonyl (C=O) groups excluding carboxylic acids is 1. The lowest BCUT2D eigenvalue weighted by Crippen LogP contribution is -2.07. The van der Waals surface area contributed by atoms with Crippen molar-refractivity contribution in [2.75, 3.05) is 23.1 Å². The maximum atomic E-state index is 11.8. The van der Waals surface area contributed by atoms with Crippen molar-refractivity contribution in [2.45, 2.75) is 0 Å². The van der Waals surface area contributed by atoms with Gasteiger partial charge in [-0.15, -0.1) is 0 Å². The number of fused-ring (bicyclic) bond motifs is 1. The fourth-order valence-electron chi connectivity index (χ4n) is 3.17. The first-order chi connectivity index (χ1) is 15.7. The van der Waals surface area contributed by atoms with E-state index in [-0.39, 0.29) is 5.91 Å². The fourth-order valence-corrected chi connectivity index (χ4v) is 3.99. The van der Waals surface area contributed by atoms with E-state index in [1.165, 1.54) is 12.3 Å². The van der Waals surface area contributed by atoms with E-state index in [1.807, 2.05) is 41.1 Å². The standard InChI is InChI=1S/C23H21ClN6O2S/c1-4-21(31)26-18-9-10-20-15(13-18)11-12-30(20)22-19(24)14-25-23(28-22)27-16-5-7-17(8-6-16)29-33(2,3)32/h4-14H,1H2,2-3H3,(H,26,31)(H,25,27,28). The number of hydrogen-bond acceptors (Lipinski definition) is 6. The molecule has 168 valence electrons. The largest absolute Gasteiger partial charge is 0.324 e. The molecule has 0 spiro atoms. The molecule has 0 fully saturated rings. The van der Waals surface area contributed by atoms with Crippen molar-refractivity contribution in [3.8, 4) is 5.82 Å². The predicted molar refractivity (Wildman–Crippen MR) is 135 cm³/mol. The first-order valence-electron chi connectivity index (χ1n) is 9.83. The molecule has 2 aromatic carbocycles. The maximum Gasteiger partial charge on any atom is 0.247 e. The summed E-state index contributed by atoms with van der Waals surface area (Å²) in [7, 11) is -2.23. The Bertz CT molecular complexity index is 1480. The Morgan fingerprint density at radius 3 is 2.58 bits per heavy atom. The average Bonchev–Trinajstić information content (AvgIpc) is 3.18. The topological polar surface area (TPSA) is 101 Å². The van der Waals surface area contributed by atoms with Crippen molar-refractivity contribution < 1.29 is 9.00 Å². The van der Waals surface area contributed by atoms with Crippen molar-refractivity contribution in [3.05, 3.63) is 78.6 Å². The molecule has 2 N–H and O–H groups in total. The van der Waals surface area contributed by atoms with Gasteiger partial charge in [0.1, 0.15) is 5.02 Å². The lowest BCUT2D eigenvalue weighted by atomic mass is 10.2. The van der Waals surface area contributed by atoms with E-state index in [9.17, 15) is 9.00 Å². The molecule has 8 nitrogen and oxygen atoms in total. The molecule has 4 rings (SSSR count). The number of rotatable bonds is 6. The Balaban J connectivity index is 1.62. The first-order valence-corrected chi connectivity index (χ1v) is 12.5. The Kier molecular flexibility index (Phi) is 6.17. The highest BCUT2D eigenvalue weighted by Gasteiger charge is 2.12. The molecule has 0 saturated heterocycles. The van der Waals surface area contributed by atoms with Crippen molar-refractivity contribution >= 4 is 61.2 Å². The number of halogens is 1. The number of hydrogen-bond donors (Lipinski definition) is 2. The summed E-state index contributed by atoms with van der Waals surface area (Å²) in [4.78, 5) is 20.4. The zero-order valence-electron chi connectivity index (χ0n) is 17.9. The van der Waals surface area contributed by atoms with Crippen LogP contribution in [0.2, 0.25) is 5.02 Å². The van der Waals surface area contributed by atoms with Crippen LogP contribution in [0.4, 0.5) is 23.0 Å². The van der Waals surface area contributed by atoms with Crippen LogP contribution in [0.15, 0.2) is 77.9 Å². The van der Waals surface area contributed by atoms with Crippen LogP contribution in [0.3, 0.4) is 0 Å². The van der Waals surface area contributed by atoms with Gasteiger partial charge in [-0.1, -0.05) is 18.2 Å². The molecule has 0 unspecified atom stereocenters. The van der Waals surface area contributed by atoms with Gasteiger partial charge < -0.3 is 10.6 Å². The molecular weight excluding hydrogens is 460 g/mol. The Labute approximate surface area is 196 Å². The van der Waals surface area contributed by atoms with Gasteiger partial charge in [0.15, 0.2) is 5.82 Å². The number of nitrogens with zero attached hydrogens (tertiary/aromatic N) is 4. The quantitative estimate of drug-likeness (QED) is 0.364. The highest BCUT2D eigenvalue weighted by Crippen LogP contribution is 2.28. The zero-order chi connectivity index (χ0) is 23.6. The molecular formula is C23H21ClN6O2S. The molecule has 0 aliphatic heterocycles. The van der Waals surface area contributed by atoms with Crippen LogP contribution >= 0.6 is 11.6 Å². The van der Waals surface area contributed by atoms with Crippen LogP contribution < -0.4 is 10.6 Å². The van der Waals surface area contributed by atoms with Crippen molar-refractivity contribution in [1.82, 2.24) is 14.5 Å². The zero-order valence-corrected chi connectivity index (χ0v) is 19.5. The summed E-state index contributed by atoms with van der Waals surface area (Å²) in [5.74, 6) is 0.601. The Morgan fingerprint density at radius 1 is 1.15 bits per heavy atom. The number of carbonyl (C=O) groups is 1. The van der Waals surface area contributed by atoms with E-state index >= 15 is 0 Å². The summed E-state index contributed by atoms with van der Waals surface area (Å²) in [5.41, 5.74) is 2.92. The average molecular weight is 481 g/mol. The van der Waals surface area contributed by atoms with Crippen LogP contribution in [0.25, 0.3) is 16.7 Å². The van der Waals surface area contributed by atoms with Crippen LogP contribution in [0, 0.1) is 0 Å². The van der Waals surface area contributed by atoms with Gasteiger partial charge in [0.2, 0.25) is 11.9 Å². The van der Waals surface area contributed by atoms with Crippen LogP contribution in [-0.4, -0.2) is 37.2 Å². The van der Waals surface area contributed by atoms with Gasteiger partial charge in [0, 0.05) is 45.2 Å². The summed E-state index contributed by atoms with van der Waals surface area (Å²) < 4.78 is 17.9. The molecule has 0 aliphatic carbocycles. The lowest BCUT2D eigenvalue weighted by molar-refractivity contribution is -0.111. The third-order valence-corrected chi connectivity index (χ3v) is 5.46. The Hall–Kier alpha value is -3.69. The normalized spacial score (nSPS) is 11.2. The summed E-state index contributed by atoms with van der Waals surface area (Å²) in [6, 6.07) is 14.6. The molecule has 0 aliphatic rings. The maximum absolute atomic E-state index is 11.8.